The molecular formula is C19H17N3O2. The van der Waals surface area contributed by atoms with Crippen molar-refractivity contribution in [3.63, 3.8) is 0 Å². The lowest BCUT2D eigenvalue weighted by Gasteiger charge is -2.09. The van der Waals surface area contributed by atoms with Crippen LogP contribution in [0.1, 0.15) is 21.5 Å². The van der Waals surface area contributed by atoms with Crippen molar-refractivity contribution in [2.75, 3.05) is 7.11 Å². The first kappa shape index (κ1) is 15.7. The number of nitrogens with zero attached hydrogens (tertiary/aromatic N) is 3. The zero-order valence-electron chi connectivity index (χ0n) is 13.3. The van der Waals surface area contributed by atoms with Gasteiger partial charge in [0.15, 0.2) is 5.78 Å². The van der Waals surface area contributed by atoms with Gasteiger partial charge in [0, 0.05) is 35.9 Å². The molecule has 5 nitrogen and oxygen atoms in total. The molecule has 0 aliphatic carbocycles. The van der Waals surface area contributed by atoms with Gasteiger partial charge in [-0.15, -0.1) is 0 Å². The Morgan fingerprint density at radius 1 is 1.25 bits per heavy atom. The second-order valence-corrected chi connectivity index (χ2v) is 5.21. The fourth-order valence-corrected chi connectivity index (χ4v) is 2.37. The Labute approximate surface area is 140 Å². The van der Waals surface area contributed by atoms with Crippen molar-refractivity contribution in [1.82, 2.24) is 14.8 Å². The van der Waals surface area contributed by atoms with Crippen LogP contribution in [0.25, 0.3) is 6.08 Å². The molecule has 0 spiro atoms. The number of allylic oxidation sites excluding steroid dienone is 1. The number of methoxy groups -OCH3 is 1. The van der Waals surface area contributed by atoms with E-state index in [0.717, 1.165) is 16.9 Å². The number of ether oxygens (including phenoxy) is 1. The largest absolute Gasteiger partial charge is 0.496 e. The maximum atomic E-state index is 12.1. The Bertz CT molecular complexity index is 840. The van der Waals surface area contributed by atoms with E-state index in [2.05, 4.69) is 10.1 Å². The monoisotopic (exact) mass is 319 g/mol. The molecule has 0 N–H and O–H groups in total. The number of hydrogen-bond acceptors (Lipinski definition) is 4. The molecule has 24 heavy (non-hydrogen) atoms. The summed E-state index contributed by atoms with van der Waals surface area (Å²) in [6.45, 7) is 0.606. The highest BCUT2D eigenvalue weighted by Gasteiger charge is 2.06. The molecule has 1 aromatic carbocycles. The zero-order valence-corrected chi connectivity index (χ0v) is 13.3. The predicted octanol–water partition coefficient (Wildman–Crippen LogP) is 3.23. The lowest BCUT2D eigenvalue weighted by molar-refractivity contribution is 0.104. The van der Waals surface area contributed by atoms with E-state index in [1.54, 1.807) is 50.0 Å². The van der Waals surface area contributed by atoms with Gasteiger partial charge in [-0.3, -0.25) is 14.5 Å². The van der Waals surface area contributed by atoms with Gasteiger partial charge < -0.3 is 4.74 Å². The van der Waals surface area contributed by atoms with Crippen LogP contribution >= 0.6 is 0 Å². The Hall–Kier alpha value is -3.21. The van der Waals surface area contributed by atoms with Gasteiger partial charge in [0.25, 0.3) is 0 Å². The van der Waals surface area contributed by atoms with Gasteiger partial charge in [0.05, 0.1) is 13.7 Å². The minimum absolute atomic E-state index is 0.0763. The molecule has 0 atom stereocenters. The van der Waals surface area contributed by atoms with Crippen LogP contribution in [-0.4, -0.2) is 27.7 Å². The third-order valence-corrected chi connectivity index (χ3v) is 3.57. The van der Waals surface area contributed by atoms with Crippen LogP contribution in [-0.2, 0) is 6.54 Å². The second kappa shape index (κ2) is 7.37. The van der Waals surface area contributed by atoms with E-state index in [1.165, 1.54) is 0 Å². The first-order chi connectivity index (χ1) is 11.8. The quantitative estimate of drug-likeness (QED) is 0.517. The third kappa shape index (κ3) is 3.76. The van der Waals surface area contributed by atoms with E-state index >= 15 is 0 Å². The molecule has 0 saturated heterocycles. The predicted molar refractivity (Wildman–Crippen MR) is 91.9 cm³/mol. The summed E-state index contributed by atoms with van der Waals surface area (Å²) in [5.74, 6) is 0.716. The van der Waals surface area contributed by atoms with Crippen LogP contribution in [0.3, 0.4) is 0 Å². The minimum Gasteiger partial charge on any atom is -0.496 e. The Morgan fingerprint density at radius 2 is 2.17 bits per heavy atom. The molecule has 5 heteroatoms. The average molecular weight is 319 g/mol. The summed E-state index contributed by atoms with van der Waals surface area (Å²) in [7, 11) is 1.64. The Kier molecular flexibility index (Phi) is 4.81. The maximum Gasteiger partial charge on any atom is 0.187 e. The Morgan fingerprint density at radius 3 is 2.88 bits per heavy atom. The molecule has 0 unspecified atom stereocenters. The normalized spacial score (nSPS) is 10.9. The smallest absolute Gasteiger partial charge is 0.187 e. The first-order valence-electron chi connectivity index (χ1n) is 7.53. The molecule has 0 radical (unpaired) electrons. The lowest BCUT2D eigenvalue weighted by Crippen LogP contribution is -2.02. The van der Waals surface area contributed by atoms with Gasteiger partial charge in [-0.25, -0.2) is 0 Å². The molecule has 0 aliphatic heterocycles. The van der Waals surface area contributed by atoms with Gasteiger partial charge >= 0.3 is 0 Å². The van der Waals surface area contributed by atoms with E-state index in [9.17, 15) is 4.79 Å². The highest BCUT2D eigenvalue weighted by Crippen LogP contribution is 2.21. The van der Waals surface area contributed by atoms with Crippen LogP contribution in [0.5, 0.6) is 5.75 Å². The highest BCUT2D eigenvalue weighted by molar-refractivity contribution is 6.06. The van der Waals surface area contributed by atoms with Crippen molar-refractivity contribution in [2.24, 2.45) is 0 Å². The number of rotatable bonds is 6. The zero-order chi connectivity index (χ0) is 16.8. The van der Waals surface area contributed by atoms with Crippen molar-refractivity contribution < 1.29 is 9.53 Å². The van der Waals surface area contributed by atoms with Crippen molar-refractivity contribution in [1.29, 1.82) is 0 Å². The molecular weight excluding hydrogens is 302 g/mol. The van der Waals surface area contributed by atoms with Gasteiger partial charge in [0.1, 0.15) is 5.75 Å². The van der Waals surface area contributed by atoms with Crippen LogP contribution in [0.2, 0.25) is 0 Å². The second-order valence-electron chi connectivity index (χ2n) is 5.21. The highest BCUT2D eigenvalue weighted by atomic mass is 16.5. The lowest BCUT2D eigenvalue weighted by atomic mass is 10.1. The van der Waals surface area contributed by atoms with Gasteiger partial charge in [0.2, 0.25) is 0 Å². The van der Waals surface area contributed by atoms with E-state index in [-0.39, 0.29) is 5.78 Å². The van der Waals surface area contributed by atoms with Crippen LogP contribution in [0, 0.1) is 0 Å². The fourth-order valence-electron chi connectivity index (χ4n) is 2.37. The average Bonchev–Trinajstić information content (AvgIpc) is 3.13. The van der Waals surface area contributed by atoms with E-state index in [0.29, 0.717) is 12.1 Å². The fraction of sp³-hybridized carbons (Fsp3) is 0.105. The van der Waals surface area contributed by atoms with Crippen LogP contribution < -0.4 is 4.74 Å². The summed E-state index contributed by atoms with van der Waals surface area (Å²) in [5, 5.41) is 4.21. The number of carbonyl (C=O) groups excluding carboxylic acids is 1. The first-order valence-corrected chi connectivity index (χ1v) is 7.53. The topological polar surface area (TPSA) is 57.0 Å². The summed E-state index contributed by atoms with van der Waals surface area (Å²) in [6, 6.07) is 11.2. The molecule has 0 bridgehead atoms. The molecule has 3 rings (SSSR count). The number of ketones is 1. The van der Waals surface area contributed by atoms with Crippen molar-refractivity contribution in [2.45, 2.75) is 6.54 Å². The maximum absolute atomic E-state index is 12.1. The summed E-state index contributed by atoms with van der Waals surface area (Å²) < 4.78 is 7.23. The van der Waals surface area contributed by atoms with Gasteiger partial charge in [-0.2, -0.15) is 5.10 Å². The number of pyridine rings is 1. The SMILES string of the molecule is COc1ccc(/C=C/C(=O)c2cccnc2)cc1Cn1cccn1. The molecule has 0 fully saturated rings. The molecule has 0 saturated carbocycles. The molecule has 120 valence electrons. The van der Waals surface area contributed by atoms with E-state index < -0.39 is 0 Å². The number of carbonyl (C=O) groups is 1. The van der Waals surface area contributed by atoms with E-state index in [1.807, 2.05) is 35.1 Å². The summed E-state index contributed by atoms with van der Waals surface area (Å²) in [5.41, 5.74) is 2.49. The third-order valence-electron chi connectivity index (χ3n) is 3.57. The standard InChI is InChI=1S/C19H17N3O2/c1-24-19-8-6-15(12-17(19)14-22-11-3-10-21-22)5-7-18(23)16-4-2-9-20-13-16/h2-13H,14H2,1H3/b7-5+. The molecule has 0 aliphatic rings. The van der Waals surface area contributed by atoms with Gasteiger partial charge in [-0.1, -0.05) is 12.1 Å². The van der Waals surface area contributed by atoms with Crippen LogP contribution in [0.4, 0.5) is 0 Å². The van der Waals surface area contributed by atoms with Crippen molar-refractivity contribution in [3.8, 4) is 5.75 Å². The van der Waals surface area contributed by atoms with E-state index in [4.69, 9.17) is 4.74 Å². The van der Waals surface area contributed by atoms with Crippen LogP contribution in [0.15, 0.2) is 67.3 Å². The number of benzene rings is 1. The van der Waals surface area contributed by atoms with Crippen molar-refractivity contribution >= 4 is 11.9 Å². The number of hydrogen-bond donors (Lipinski definition) is 0. The number of aromatic nitrogens is 3. The van der Waals surface area contributed by atoms with Crippen molar-refractivity contribution in [3.05, 3.63) is 84.0 Å². The Balaban J connectivity index is 1.81. The minimum atomic E-state index is -0.0763. The molecule has 3 aromatic rings. The molecule has 2 aromatic heterocycles. The summed E-state index contributed by atoms with van der Waals surface area (Å²) in [6.07, 6.45) is 10.2. The summed E-state index contributed by atoms with van der Waals surface area (Å²) >= 11 is 0. The van der Waals surface area contributed by atoms with Gasteiger partial charge in [-0.05, 0) is 42.0 Å². The summed E-state index contributed by atoms with van der Waals surface area (Å²) in [4.78, 5) is 16.1. The molecule has 2 heterocycles. The molecule has 0 amide bonds.